The first-order valence-corrected chi connectivity index (χ1v) is 13.9. The molecule has 0 N–H and O–H groups in total. The number of hydrogen-bond acceptors (Lipinski definition) is 5. The molecule has 196 valence electrons. The summed E-state index contributed by atoms with van der Waals surface area (Å²) in [5, 5.41) is 0. The van der Waals surface area contributed by atoms with Gasteiger partial charge in [0.25, 0.3) is 10.0 Å². The minimum atomic E-state index is -4.15. The van der Waals surface area contributed by atoms with Gasteiger partial charge >= 0.3 is 0 Å². The number of aromatic nitrogens is 1. The molecule has 0 radical (unpaired) electrons. The molecule has 0 aliphatic carbocycles. The third kappa shape index (κ3) is 5.47. The first-order chi connectivity index (χ1) is 19.0. The quantitative estimate of drug-likeness (QED) is 0.157. The van der Waals surface area contributed by atoms with E-state index in [1.807, 2.05) is 91.0 Å². The molecule has 6 nitrogen and oxygen atoms in total. The number of methoxy groups -OCH3 is 1. The average Bonchev–Trinajstić information content (AvgIpc) is 3.01. The van der Waals surface area contributed by atoms with E-state index in [1.54, 1.807) is 36.7 Å². The zero-order chi connectivity index (χ0) is 27.1. The van der Waals surface area contributed by atoms with Crippen molar-refractivity contribution in [1.82, 2.24) is 9.45 Å². The predicted octanol–water partition coefficient (Wildman–Crippen LogP) is 6.20. The number of hydrogen-bond donors (Lipinski definition) is 0. The Balaban J connectivity index is 1.73. The van der Waals surface area contributed by atoms with E-state index >= 15 is 0 Å². The Morgan fingerprint density at radius 1 is 0.667 bits per heavy atom. The Hall–Kier alpha value is -4.30. The number of sulfonamides is 1. The summed E-state index contributed by atoms with van der Waals surface area (Å²) in [5.74, 6) is 0.558. The lowest BCUT2D eigenvalue weighted by Crippen LogP contribution is -2.43. The maximum atomic E-state index is 14.3. The molecule has 4 aromatic carbocycles. The van der Waals surface area contributed by atoms with Crippen molar-refractivity contribution in [1.29, 1.82) is 0 Å². The SMILES string of the molecule is COc1ccc(S(=O)(=O)N(Cc2ccncc2)OC(c2ccccc2)(c2ccccc2)c2ccccc2)cc1. The lowest BCUT2D eigenvalue weighted by atomic mass is 9.80. The van der Waals surface area contributed by atoms with E-state index in [9.17, 15) is 8.42 Å². The lowest BCUT2D eigenvalue weighted by molar-refractivity contribution is -0.167. The minimum Gasteiger partial charge on any atom is -0.497 e. The maximum Gasteiger partial charge on any atom is 0.265 e. The molecule has 39 heavy (non-hydrogen) atoms. The van der Waals surface area contributed by atoms with E-state index in [0.29, 0.717) is 5.75 Å². The summed E-state index contributed by atoms with van der Waals surface area (Å²) >= 11 is 0. The standard InChI is InChI=1S/C32H28N2O4S/c1-37-30-17-19-31(20-18-30)39(35,36)34(25-26-21-23-33-24-22-26)38-32(27-11-5-2-6-12-27,28-13-7-3-8-14-28)29-15-9-4-10-16-29/h2-24H,25H2,1H3. The molecule has 0 saturated heterocycles. The van der Waals surface area contributed by atoms with Crippen molar-refractivity contribution in [3.63, 3.8) is 0 Å². The first-order valence-electron chi connectivity index (χ1n) is 12.5. The van der Waals surface area contributed by atoms with Gasteiger partial charge in [-0.1, -0.05) is 95.5 Å². The fourth-order valence-corrected chi connectivity index (χ4v) is 5.74. The van der Waals surface area contributed by atoms with Crippen molar-refractivity contribution in [2.75, 3.05) is 7.11 Å². The van der Waals surface area contributed by atoms with Crippen molar-refractivity contribution in [2.45, 2.75) is 17.0 Å². The normalized spacial score (nSPS) is 11.8. The van der Waals surface area contributed by atoms with Gasteiger partial charge < -0.3 is 4.74 Å². The Morgan fingerprint density at radius 3 is 1.56 bits per heavy atom. The number of ether oxygens (including phenoxy) is 1. The van der Waals surface area contributed by atoms with Gasteiger partial charge in [-0.25, -0.2) is 8.42 Å². The second-order valence-corrected chi connectivity index (χ2v) is 10.7. The van der Waals surface area contributed by atoms with Crippen LogP contribution in [0.2, 0.25) is 0 Å². The highest BCUT2D eigenvalue weighted by Gasteiger charge is 2.43. The number of nitrogens with zero attached hydrogens (tertiary/aromatic N) is 2. The van der Waals surface area contributed by atoms with Crippen molar-refractivity contribution in [3.05, 3.63) is 162 Å². The highest BCUT2D eigenvalue weighted by molar-refractivity contribution is 7.89. The van der Waals surface area contributed by atoms with E-state index in [-0.39, 0.29) is 11.4 Å². The third-order valence-electron chi connectivity index (χ3n) is 6.47. The highest BCUT2D eigenvalue weighted by Crippen LogP contribution is 2.42. The molecule has 1 heterocycles. The molecule has 7 heteroatoms. The lowest BCUT2D eigenvalue weighted by Gasteiger charge is -2.39. The summed E-state index contributed by atoms with van der Waals surface area (Å²) in [6.07, 6.45) is 3.26. The molecule has 0 amide bonds. The molecule has 5 rings (SSSR count). The summed E-state index contributed by atoms with van der Waals surface area (Å²) in [6, 6.07) is 38.8. The molecular weight excluding hydrogens is 508 g/mol. The van der Waals surface area contributed by atoms with Crippen LogP contribution in [0.4, 0.5) is 0 Å². The van der Waals surface area contributed by atoms with Crippen molar-refractivity contribution in [2.24, 2.45) is 0 Å². The summed E-state index contributed by atoms with van der Waals surface area (Å²) in [4.78, 5) is 11.0. The topological polar surface area (TPSA) is 68.7 Å². The maximum absolute atomic E-state index is 14.3. The Labute approximate surface area is 229 Å². The average molecular weight is 537 g/mol. The summed E-state index contributed by atoms with van der Waals surface area (Å²) in [5.41, 5.74) is 1.80. The van der Waals surface area contributed by atoms with Gasteiger partial charge in [0.2, 0.25) is 0 Å². The van der Waals surface area contributed by atoms with E-state index in [4.69, 9.17) is 9.57 Å². The largest absolute Gasteiger partial charge is 0.497 e. The Kier molecular flexibility index (Phi) is 7.84. The number of rotatable bonds is 10. The Morgan fingerprint density at radius 2 is 1.13 bits per heavy atom. The molecule has 0 aliphatic rings. The minimum absolute atomic E-state index is 0.0366. The molecule has 0 saturated carbocycles. The van der Waals surface area contributed by atoms with Gasteiger partial charge in [-0.3, -0.25) is 9.82 Å². The first kappa shape index (κ1) is 26.3. The van der Waals surface area contributed by atoms with Gasteiger partial charge in [0, 0.05) is 12.4 Å². The summed E-state index contributed by atoms with van der Waals surface area (Å²) in [6.45, 7) is -0.0366. The van der Waals surface area contributed by atoms with Crippen LogP contribution in [0.5, 0.6) is 5.75 Å². The molecule has 0 spiro atoms. The Bertz CT molecular complexity index is 1480. The van der Waals surface area contributed by atoms with Crippen LogP contribution in [0.15, 0.2) is 145 Å². The molecule has 1 aromatic heterocycles. The number of hydroxylamine groups is 1. The zero-order valence-corrected chi connectivity index (χ0v) is 22.2. The van der Waals surface area contributed by atoms with Crippen LogP contribution in [-0.2, 0) is 27.0 Å². The van der Waals surface area contributed by atoms with Crippen molar-refractivity contribution in [3.8, 4) is 5.75 Å². The predicted molar refractivity (Wildman–Crippen MR) is 150 cm³/mol. The molecule has 5 aromatic rings. The molecule has 0 bridgehead atoms. The van der Waals surface area contributed by atoms with Gasteiger partial charge in [0.05, 0.1) is 18.6 Å². The summed E-state index contributed by atoms with van der Waals surface area (Å²) in [7, 11) is -2.61. The number of pyridine rings is 1. The van der Waals surface area contributed by atoms with E-state index in [1.165, 1.54) is 19.2 Å². The van der Waals surface area contributed by atoms with Gasteiger partial charge in [-0.2, -0.15) is 0 Å². The van der Waals surface area contributed by atoms with Gasteiger partial charge in [0.1, 0.15) is 5.75 Å². The van der Waals surface area contributed by atoms with Crippen LogP contribution in [0.3, 0.4) is 0 Å². The number of benzene rings is 4. The van der Waals surface area contributed by atoms with Gasteiger partial charge in [0.15, 0.2) is 5.60 Å². The van der Waals surface area contributed by atoms with E-state index in [0.717, 1.165) is 26.7 Å². The fraction of sp³-hybridized carbons (Fsp3) is 0.0938. The smallest absolute Gasteiger partial charge is 0.265 e. The molecule has 0 aliphatic heterocycles. The van der Waals surface area contributed by atoms with Gasteiger partial charge in [-0.05, 0) is 58.7 Å². The van der Waals surface area contributed by atoms with Crippen molar-refractivity contribution < 1.29 is 18.0 Å². The second-order valence-electron chi connectivity index (χ2n) is 8.87. The van der Waals surface area contributed by atoms with Gasteiger partial charge in [-0.15, -0.1) is 0 Å². The fourth-order valence-electron chi connectivity index (χ4n) is 4.50. The van der Waals surface area contributed by atoms with E-state index < -0.39 is 15.6 Å². The van der Waals surface area contributed by atoms with Crippen LogP contribution < -0.4 is 4.74 Å². The summed E-state index contributed by atoms with van der Waals surface area (Å²) < 4.78 is 34.8. The zero-order valence-electron chi connectivity index (χ0n) is 21.4. The molecule has 0 atom stereocenters. The third-order valence-corrected chi connectivity index (χ3v) is 8.07. The van der Waals surface area contributed by atoms with Crippen molar-refractivity contribution >= 4 is 10.0 Å². The van der Waals surface area contributed by atoms with E-state index in [2.05, 4.69) is 4.98 Å². The monoisotopic (exact) mass is 536 g/mol. The van der Waals surface area contributed by atoms with Crippen LogP contribution in [0.1, 0.15) is 22.3 Å². The van der Waals surface area contributed by atoms with Crippen LogP contribution in [0, 0.1) is 0 Å². The molecule has 0 unspecified atom stereocenters. The molecule has 0 fully saturated rings. The van der Waals surface area contributed by atoms with Crippen LogP contribution >= 0.6 is 0 Å². The van der Waals surface area contributed by atoms with Crippen LogP contribution in [-0.4, -0.2) is 25.0 Å². The highest BCUT2D eigenvalue weighted by atomic mass is 32.2. The second kappa shape index (κ2) is 11.6. The molecular formula is C32H28N2O4S. The van der Waals surface area contributed by atoms with Crippen LogP contribution in [0.25, 0.3) is 0 Å².